The topological polar surface area (TPSA) is 80.2 Å². The number of carbonyl (C=O) groups is 1. The Morgan fingerprint density at radius 2 is 1.90 bits per heavy atom. The highest BCUT2D eigenvalue weighted by Crippen LogP contribution is 2.31. The van der Waals surface area contributed by atoms with Crippen molar-refractivity contribution in [1.29, 1.82) is 0 Å². The summed E-state index contributed by atoms with van der Waals surface area (Å²) in [4.78, 5) is 19.5. The minimum Gasteiger partial charge on any atom is -0.378 e. The first-order valence-corrected chi connectivity index (χ1v) is 10.1. The van der Waals surface area contributed by atoms with Crippen LogP contribution in [0.2, 0.25) is 5.02 Å². The third-order valence-corrected chi connectivity index (χ3v) is 5.43. The molecule has 1 aromatic carbocycles. The Balaban J connectivity index is 1.67. The summed E-state index contributed by atoms with van der Waals surface area (Å²) >= 11 is 6.05. The van der Waals surface area contributed by atoms with Gasteiger partial charge in [0.15, 0.2) is 0 Å². The van der Waals surface area contributed by atoms with Crippen LogP contribution in [-0.4, -0.2) is 47.4 Å². The number of pyridine rings is 1. The molecule has 0 aliphatic carbocycles. The van der Waals surface area contributed by atoms with Crippen molar-refractivity contribution in [2.24, 2.45) is 0 Å². The van der Waals surface area contributed by atoms with Gasteiger partial charge < -0.3 is 15.0 Å². The SMILES string of the molecule is Cc1c(-c2ccc(Cl)cc2)cnc(N2CCOCC2)c1CNC(=O)c1ccnnc1. The fourth-order valence-electron chi connectivity index (χ4n) is 3.51. The molecule has 1 N–H and O–H groups in total. The Morgan fingerprint density at radius 3 is 2.60 bits per heavy atom. The molecule has 1 aliphatic rings. The number of anilines is 1. The average molecular weight is 424 g/mol. The van der Waals surface area contributed by atoms with Gasteiger partial charge in [-0.25, -0.2) is 4.98 Å². The summed E-state index contributed by atoms with van der Waals surface area (Å²) in [5, 5.41) is 11.2. The zero-order valence-corrected chi connectivity index (χ0v) is 17.4. The average Bonchev–Trinajstić information content (AvgIpc) is 2.80. The molecule has 0 radical (unpaired) electrons. The van der Waals surface area contributed by atoms with E-state index in [0.717, 1.165) is 41.2 Å². The van der Waals surface area contributed by atoms with Crippen LogP contribution in [0.3, 0.4) is 0 Å². The van der Waals surface area contributed by atoms with Crippen LogP contribution in [0.5, 0.6) is 0 Å². The highest BCUT2D eigenvalue weighted by Gasteiger charge is 2.20. The van der Waals surface area contributed by atoms with Crippen molar-refractivity contribution in [2.75, 3.05) is 31.2 Å². The van der Waals surface area contributed by atoms with Crippen LogP contribution in [0, 0.1) is 6.92 Å². The van der Waals surface area contributed by atoms with Crippen LogP contribution in [0.15, 0.2) is 48.9 Å². The largest absolute Gasteiger partial charge is 0.378 e. The third kappa shape index (κ3) is 4.42. The molecule has 7 nitrogen and oxygen atoms in total. The monoisotopic (exact) mass is 423 g/mol. The van der Waals surface area contributed by atoms with Crippen LogP contribution in [0.1, 0.15) is 21.5 Å². The standard InChI is InChI=1S/C22H22ClN5O2/c1-15-19(16-2-4-18(23)5-3-16)13-24-21(28-8-10-30-11-9-28)20(15)14-25-22(29)17-6-7-26-27-12-17/h2-7,12-13H,8-11,14H2,1H3,(H,25,29). The molecule has 4 rings (SSSR count). The van der Waals surface area contributed by atoms with Gasteiger partial charge in [-0.15, -0.1) is 0 Å². The van der Waals surface area contributed by atoms with Crippen LogP contribution in [0.25, 0.3) is 11.1 Å². The number of amides is 1. The summed E-state index contributed by atoms with van der Waals surface area (Å²) in [7, 11) is 0. The molecule has 0 bridgehead atoms. The van der Waals surface area contributed by atoms with Crippen molar-refractivity contribution in [1.82, 2.24) is 20.5 Å². The van der Waals surface area contributed by atoms with Crippen molar-refractivity contribution in [3.63, 3.8) is 0 Å². The molecule has 8 heteroatoms. The van der Waals surface area contributed by atoms with Gasteiger partial charge in [-0.2, -0.15) is 10.2 Å². The maximum Gasteiger partial charge on any atom is 0.253 e. The maximum atomic E-state index is 12.6. The lowest BCUT2D eigenvalue weighted by Gasteiger charge is -2.30. The lowest BCUT2D eigenvalue weighted by atomic mass is 9.98. The van der Waals surface area contributed by atoms with E-state index in [0.29, 0.717) is 30.3 Å². The van der Waals surface area contributed by atoms with E-state index in [1.165, 1.54) is 12.4 Å². The second kappa shape index (κ2) is 9.19. The molecular weight excluding hydrogens is 402 g/mol. The van der Waals surface area contributed by atoms with Gasteiger partial charge in [0.25, 0.3) is 5.91 Å². The summed E-state index contributed by atoms with van der Waals surface area (Å²) in [6.07, 6.45) is 4.84. The first kappa shape index (κ1) is 20.3. The van der Waals surface area contributed by atoms with Gasteiger partial charge >= 0.3 is 0 Å². The summed E-state index contributed by atoms with van der Waals surface area (Å²) in [6, 6.07) is 9.33. The highest BCUT2D eigenvalue weighted by atomic mass is 35.5. The van der Waals surface area contributed by atoms with E-state index in [4.69, 9.17) is 21.3 Å². The maximum absolute atomic E-state index is 12.6. The first-order chi connectivity index (χ1) is 14.6. The van der Waals surface area contributed by atoms with Crippen LogP contribution >= 0.6 is 11.6 Å². The van der Waals surface area contributed by atoms with E-state index in [-0.39, 0.29) is 5.91 Å². The number of ether oxygens (including phenoxy) is 1. The predicted octanol–water partition coefficient (Wildman–Crippen LogP) is 3.27. The van der Waals surface area contributed by atoms with Gasteiger partial charge in [-0.05, 0) is 36.2 Å². The Morgan fingerprint density at radius 1 is 1.13 bits per heavy atom. The van der Waals surface area contributed by atoms with E-state index in [1.54, 1.807) is 6.07 Å². The summed E-state index contributed by atoms with van der Waals surface area (Å²) in [5.41, 5.74) is 4.57. The van der Waals surface area contributed by atoms with Gasteiger partial charge in [0.05, 0.1) is 31.2 Å². The quantitative estimate of drug-likeness (QED) is 0.678. The number of hydrogen-bond acceptors (Lipinski definition) is 6. The van der Waals surface area contributed by atoms with Crippen molar-refractivity contribution < 1.29 is 9.53 Å². The number of morpholine rings is 1. The minimum absolute atomic E-state index is 0.200. The number of nitrogens with zero attached hydrogens (tertiary/aromatic N) is 4. The Kier molecular flexibility index (Phi) is 6.21. The van der Waals surface area contributed by atoms with Crippen LogP contribution in [0.4, 0.5) is 5.82 Å². The van der Waals surface area contributed by atoms with Crippen molar-refractivity contribution in [3.05, 3.63) is 70.6 Å². The zero-order valence-electron chi connectivity index (χ0n) is 16.6. The Labute approximate surface area is 180 Å². The summed E-state index contributed by atoms with van der Waals surface area (Å²) in [6.45, 7) is 5.27. The van der Waals surface area contributed by atoms with E-state index < -0.39 is 0 Å². The lowest BCUT2D eigenvalue weighted by Crippen LogP contribution is -2.38. The van der Waals surface area contributed by atoms with Crippen molar-refractivity contribution >= 4 is 23.3 Å². The number of carbonyl (C=O) groups excluding carboxylic acids is 1. The van der Waals surface area contributed by atoms with Gasteiger partial charge in [0, 0.05) is 42.0 Å². The number of hydrogen-bond donors (Lipinski definition) is 1. The molecule has 1 fully saturated rings. The molecule has 3 aromatic rings. The molecular formula is C22H22ClN5O2. The number of aromatic nitrogens is 3. The van der Waals surface area contributed by atoms with Crippen LogP contribution < -0.4 is 10.2 Å². The molecule has 30 heavy (non-hydrogen) atoms. The van der Waals surface area contributed by atoms with E-state index in [9.17, 15) is 4.79 Å². The Bertz CT molecular complexity index is 1020. The van der Waals surface area contributed by atoms with Gasteiger partial charge in [0.1, 0.15) is 5.82 Å². The van der Waals surface area contributed by atoms with Gasteiger partial charge in [-0.1, -0.05) is 23.7 Å². The van der Waals surface area contributed by atoms with E-state index in [2.05, 4.69) is 27.3 Å². The highest BCUT2D eigenvalue weighted by molar-refractivity contribution is 6.30. The smallest absolute Gasteiger partial charge is 0.253 e. The molecule has 0 saturated carbocycles. The lowest BCUT2D eigenvalue weighted by molar-refractivity contribution is 0.0950. The molecule has 0 spiro atoms. The molecule has 2 aromatic heterocycles. The number of nitrogens with one attached hydrogen (secondary N) is 1. The van der Waals surface area contributed by atoms with Gasteiger partial charge in [-0.3, -0.25) is 4.79 Å². The Hall–Kier alpha value is -3.03. The second-order valence-corrected chi connectivity index (χ2v) is 7.46. The first-order valence-electron chi connectivity index (χ1n) is 9.75. The zero-order chi connectivity index (χ0) is 20.9. The number of halogens is 1. The number of benzene rings is 1. The molecule has 3 heterocycles. The molecule has 1 saturated heterocycles. The fraction of sp³-hybridized carbons (Fsp3) is 0.273. The molecule has 154 valence electrons. The minimum atomic E-state index is -0.200. The normalized spacial score (nSPS) is 13.9. The van der Waals surface area contributed by atoms with Crippen molar-refractivity contribution in [3.8, 4) is 11.1 Å². The molecule has 0 atom stereocenters. The third-order valence-electron chi connectivity index (χ3n) is 5.18. The predicted molar refractivity (Wildman–Crippen MR) is 116 cm³/mol. The van der Waals surface area contributed by atoms with E-state index in [1.807, 2.05) is 30.5 Å². The fourth-order valence-corrected chi connectivity index (χ4v) is 3.63. The van der Waals surface area contributed by atoms with Crippen molar-refractivity contribution in [2.45, 2.75) is 13.5 Å². The van der Waals surface area contributed by atoms with Crippen LogP contribution in [-0.2, 0) is 11.3 Å². The molecule has 1 aliphatic heterocycles. The molecule has 1 amide bonds. The number of rotatable bonds is 5. The van der Waals surface area contributed by atoms with E-state index >= 15 is 0 Å². The summed E-state index contributed by atoms with van der Waals surface area (Å²) < 4.78 is 5.49. The second-order valence-electron chi connectivity index (χ2n) is 7.02. The van der Waals surface area contributed by atoms with Gasteiger partial charge in [0.2, 0.25) is 0 Å². The summed E-state index contributed by atoms with van der Waals surface area (Å²) in [5.74, 6) is 0.677. The molecule has 0 unspecified atom stereocenters.